The monoisotopic (exact) mass is 634 g/mol. The Morgan fingerprint density at radius 1 is 0.568 bits per heavy atom. The minimum absolute atomic E-state index is 0.184. The third-order valence-electron chi connectivity index (χ3n) is 6.72. The van der Waals surface area contributed by atoms with Crippen molar-refractivity contribution in [1.29, 1.82) is 0 Å². The molecule has 0 bridgehead atoms. The molecule has 0 saturated heterocycles. The molecule has 0 aliphatic rings. The lowest BCUT2D eigenvalue weighted by atomic mass is 9.71. The van der Waals surface area contributed by atoms with Crippen LogP contribution in [0.5, 0.6) is 34.5 Å². The van der Waals surface area contributed by atoms with Crippen LogP contribution in [-0.4, -0.2) is 35.8 Å². The number of rotatable bonds is 8. The number of phenolic OH excluding ortho intramolecular Hbond substituents is 2. The first kappa shape index (κ1) is 31.8. The predicted molar refractivity (Wildman–Crippen MR) is 161 cm³/mol. The van der Waals surface area contributed by atoms with Crippen LogP contribution in [0.1, 0.15) is 23.6 Å². The van der Waals surface area contributed by atoms with Gasteiger partial charge in [-0.2, -0.15) is 8.42 Å². The molecule has 5 aromatic rings. The molecule has 5 aromatic carbocycles. The summed E-state index contributed by atoms with van der Waals surface area (Å²) in [5.41, 5.74) is 2.38. The highest BCUT2D eigenvalue weighted by Crippen LogP contribution is 2.40. The maximum absolute atomic E-state index is 11.4. The van der Waals surface area contributed by atoms with Crippen molar-refractivity contribution < 1.29 is 45.3 Å². The summed E-state index contributed by atoms with van der Waals surface area (Å²) in [5, 5.41) is 19.6. The Morgan fingerprint density at radius 3 is 1.30 bits per heavy atom. The van der Waals surface area contributed by atoms with E-state index in [0.29, 0.717) is 17.2 Å². The molecule has 0 aliphatic heterocycles. The quantitative estimate of drug-likeness (QED) is 0.131. The Labute approximate surface area is 255 Å². The van der Waals surface area contributed by atoms with Crippen LogP contribution in [0.4, 0.5) is 0 Å². The fourth-order valence-electron chi connectivity index (χ4n) is 4.49. The van der Waals surface area contributed by atoms with Crippen LogP contribution in [0, 0.1) is 0 Å². The lowest BCUT2D eigenvalue weighted by molar-refractivity contribution is 0.465. The number of aromatic hydroxyl groups is 2. The molecule has 0 aromatic heterocycles. The molecule has 0 unspecified atom stereocenters. The molecule has 10 nitrogen and oxygen atoms in total. The van der Waals surface area contributed by atoms with Gasteiger partial charge in [0.1, 0.15) is 34.5 Å². The number of hydrogen-bond acceptors (Lipinski definition) is 9. The van der Waals surface area contributed by atoms with Crippen molar-refractivity contribution in [2.24, 2.45) is 0 Å². The fourth-order valence-corrected chi connectivity index (χ4v) is 5.01. The maximum atomic E-state index is 11.4. The Bertz CT molecular complexity index is 1890. The summed E-state index contributed by atoms with van der Waals surface area (Å²) in [6.45, 7) is 2.09. The van der Waals surface area contributed by atoms with Crippen molar-refractivity contribution in [2.75, 3.05) is 0 Å². The summed E-state index contributed by atoms with van der Waals surface area (Å²) < 4.78 is 69.0. The third-order valence-corrected chi connectivity index (χ3v) is 7.57. The summed E-state index contributed by atoms with van der Waals surface area (Å²) in [5.74, 6) is 2.30. The third kappa shape index (κ3) is 8.01. The molecule has 0 fully saturated rings. The second-order valence-corrected chi connectivity index (χ2v) is 11.4. The highest BCUT2D eigenvalue weighted by Gasteiger charge is 2.31. The van der Waals surface area contributed by atoms with Crippen molar-refractivity contribution in [3.05, 3.63) is 138 Å². The number of hydrogen-bond donors (Lipinski definition) is 3. The predicted octanol–water partition coefficient (Wildman–Crippen LogP) is 6.28. The average molecular weight is 635 g/mol. The second kappa shape index (κ2) is 13.4. The lowest BCUT2D eigenvalue weighted by Gasteiger charge is -2.32. The van der Waals surface area contributed by atoms with Gasteiger partial charge in [0.25, 0.3) is 10.1 Å². The van der Waals surface area contributed by atoms with E-state index in [1.54, 1.807) is 54.6 Å². The van der Waals surface area contributed by atoms with E-state index >= 15 is 0 Å². The Kier molecular flexibility index (Phi) is 9.69. The van der Waals surface area contributed by atoms with E-state index in [4.69, 9.17) is 22.1 Å². The van der Waals surface area contributed by atoms with Crippen LogP contribution >= 0.6 is 0 Å². The Hall–Kier alpha value is -5.17. The standard InChI is InChI=1S/C32H26O7S.O3S/c1-32(22-5-11-25(33)12-6-22,23-7-13-26(34)14-8-23)24-9-15-27(16-10-24)38-28-17-19-29(20-18-28)39-30-3-2-4-31(21-30)40(35,36)37;1-4(2)3/h2-21,33-34H,1H3,(H,35,36,37);. The van der Waals surface area contributed by atoms with Crippen molar-refractivity contribution in [1.82, 2.24) is 0 Å². The van der Waals surface area contributed by atoms with Gasteiger partial charge in [0.2, 0.25) is 0 Å². The SMILES string of the molecule is CC(c1ccc(O)cc1)(c1ccc(O)cc1)c1ccc(Oc2ccc(Oc3cccc(S(=O)(=O)O)c3)cc2)cc1.O=S(=O)=O. The van der Waals surface area contributed by atoms with Gasteiger partial charge < -0.3 is 19.7 Å². The van der Waals surface area contributed by atoms with Crippen LogP contribution in [-0.2, 0) is 26.1 Å². The first-order valence-corrected chi connectivity index (χ1v) is 15.3. The van der Waals surface area contributed by atoms with E-state index in [0.717, 1.165) is 16.7 Å². The number of benzene rings is 5. The first-order chi connectivity index (χ1) is 20.8. The van der Waals surface area contributed by atoms with Crippen molar-refractivity contribution >= 4 is 20.7 Å². The molecule has 5 rings (SSSR count). The first-order valence-electron chi connectivity index (χ1n) is 12.8. The molecule has 0 aliphatic carbocycles. The summed E-state index contributed by atoms with van der Waals surface area (Å²) in [6, 6.07) is 34.3. The van der Waals surface area contributed by atoms with E-state index in [1.165, 1.54) is 18.2 Å². The number of phenols is 2. The van der Waals surface area contributed by atoms with Crippen LogP contribution in [0.2, 0.25) is 0 Å². The summed E-state index contributed by atoms with van der Waals surface area (Å²) >= 11 is 0. The molecule has 0 spiro atoms. The molecule has 0 radical (unpaired) electrons. The summed E-state index contributed by atoms with van der Waals surface area (Å²) in [4.78, 5) is -0.250. The van der Waals surface area contributed by atoms with Crippen molar-refractivity contribution in [2.45, 2.75) is 17.2 Å². The zero-order chi connectivity index (χ0) is 31.9. The van der Waals surface area contributed by atoms with Gasteiger partial charge in [0, 0.05) is 11.5 Å². The average Bonchev–Trinajstić information content (AvgIpc) is 2.98. The van der Waals surface area contributed by atoms with Gasteiger partial charge in [-0.05, 0) is 96.4 Å². The molecule has 3 N–H and O–H groups in total. The van der Waals surface area contributed by atoms with Gasteiger partial charge in [0.05, 0.1) is 4.90 Å². The Balaban J connectivity index is 0.00000104. The topological polar surface area (TPSA) is 164 Å². The zero-order valence-electron chi connectivity index (χ0n) is 23.1. The largest absolute Gasteiger partial charge is 0.508 e. The van der Waals surface area contributed by atoms with Crippen molar-refractivity contribution in [3.63, 3.8) is 0 Å². The van der Waals surface area contributed by atoms with Crippen LogP contribution < -0.4 is 9.47 Å². The summed E-state index contributed by atoms with van der Waals surface area (Å²) in [7, 11) is -7.44. The van der Waals surface area contributed by atoms with Gasteiger partial charge in [-0.1, -0.05) is 42.5 Å². The normalized spacial score (nSPS) is 11.1. The molecular formula is C32H26O10S2. The molecule has 226 valence electrons. The molecule has 0 amide bonds. The van der Waals surface area contributed by atoms with Gasteiger partial charge >= 0.3 is 10.6 Å². The minimum Gasteiger partial charge on any atom is -0.508 e. The van der Waals surface area contributed by atoms with E-state index in [2.05, 4.69) is 6.92 Å². The lowest BCUT2D eigenvalue weighted by Crippen LogP contribution is -2.25. The molecule has 0 saturated carbocycles. The molecule has 0 heterocycles. The molecule has 44 heavy (non-hydrogen) atoms. The minimum atomic E-state index is -4.33. The molecular weight excluding hydrogens is 608 g/mol. The van der Waals surface area contributed by atoms with E-state index in [9.17, 15) is 23.2 Å². The van der Waals surface area contributed by atoms with Crippen LogP contribution in [0.15, 0.2) is 126 Å². The highest BCUT2D eigenvalue weighted by molar-refractivity contribution is 7.85. The summed E-state index contributed by atoms with van der Waals surface area (Å²) in [6.07, 6.45) is 0. The van der Waals surface area contributed by atoms with Crippen molar-refractivity contribution in [3.8, 4) is 34.5 Å². The smallest absolute Gasteiger partial charge is 0.425 e. The van der Waals surface area contributed by atoms with Gasteiger partial charge in [0.15, 0.2) is 0 Å². The van der Waals surface area contributed by atoms with Gasteiger partial charge in [-0.3, -0.25) is 4.55 Å². The second-order valence-electron chi connectivity index (χ2n) is 9.57. The zero-order valence-corrected chi connectivity index (χ0v) is 24.7. The number of ether oxygens (including phenoxy) is 2. The van der Waals surface area contributed by atoms with E-state index in [-0.39, 0.29) is 22.1 Å². The van der Waals surface area contributed by atoms with E-state index in [1.807, 2.05) is 48.5 Å². The van der Waals surface area contributed by atoms with Gasteiger partial charge in [-0.15, -0.1) is 12.6 Å². The highest BCUT2D eigenvalue weighted by atomic mass is 32.2. The van der Waals surface area contributed by atoms with Gasteiger partial charge in [-0.25, -0.2) is 0 Å². The molecule has 0 atom stereocenters. The Morgan fingerprint density at radius 2 is 0.909 bits per heavy atom. The van der Waals surface area contributed by atoms with E-state index < -0.39 is 26.1 Å². The van der Waals surface area contributed by atoms with Crippen LogP contribution in [0.25, 0.3) is 0 Å². The molecule has 12 heteroatoms. The fraction of sp³-hybridized carbons (Fsp3) is 0.0625. The van der Waals surface area contributed by atoms with Crippen LogP contribution in [0.3, 0.4) is 0 Å². The maximum Gasteiger partial charge on any atom is 0.425 e.